The number of guanidine groups is 1. The van der Waals surface area contributed by atoms with Gasteiger partial charge >= 0.3 is 0 Å². The van der Waals surface area contributed by atoms with Crippen LogP contribution in [0.2, 0.25) is 0 Å². The molecule has 0 aromatic carbocycles. The molecule has 0 aromatic rings. The fraction of sp³-hybridized carbons (Fsp3) is 0.933. The van der Waals surface area contributed by atoms with E-state index >= 15 is 0 Å². The molecular formula is C15H30IN3O2S. The van der Waals surface area contributed by atoms with Crippen LogP contribution in [0.1, 0.15) is 26.2 Å². The van der Waals surface area contributed by atoms with Gasteiger partial charge in [0.25, 0.3) is 0 Å². The number of halogens is 1. The maximum atomic E-state index is 5.68. The first-order valence-corrected chi connectivity index (χ1v) is 9.15. The summed E-state index contributed by atoms with van der Waals surface area (Å²) in [5.74, 6) is 2.20. The minimum atomic E-state index is 0. The van der Waals surface area contributed by atoms with Crippen LogP contribution in [-0.4, -0.2) is 74.5 Å². The summed E-state index contributed by atoms with van der Waals surface area (Å²) in [4.78, 5) is 6.76. The highest BCUT2D eigenvalue weighted by molar-refractivity contribution is 14.0. The smallest absolute Gasteiger partial charge is 0.193 e. The van der Waals surface area contributed by atoms with Crippen molar-refractivity contribution in [2.75, 3.05) is 52.3 Å². The molecular weight excluding hydrogens is 413 g/mol. The molecule has 2 rings (SSSR count). The molecule has 0 bridgehead atoms. The summed E-state index contributed by atoms with van der Waals surface area (Å²) >= 11 is 2.08. The van der Waals surface area contributed by atoms with E-state index in [-0.39, 0.29) is 24.0 Å². The van der Waals surface area contributed by atoms with E-state index in [0.29, 0.717) is 12.7 Å². The van der Waals surface area contributed by atoms with E-state index in [9.17, 15) is 0 Å². The van der Waals surface area contributed by atoms with Crippen LogP contribution in [0.15, 0.2) is 4.99 Å². The second-order valence-corrected chi connectivity index (χ2v) is 6.94. The van der Waals surface area contributed by atoms with Gasteiger partial charge in [-0.05, 0) is 19.3 Å². The average molecular weight is 443 g/mol. The van der Waals surface area contributed by atoms with Crippen LogP contribution in [0, 0.1) is 0 Å². The Hall–Kier alpha value is 0.270. The van der Waals surface area contributed by atoms with Crippen molar-refractivity contribution < 1.29 is 9.47 Å². The summed E-state index contributed by atoms with van der Waals surface area (Å²) in [5, 5.41) is 4.14. The van der Waals surface area contributed by atoms with Crippen LogP contribution in [0.3, 0.4) is 0 Å². The van der Waals surface area contributed by atoms with E-state index < -0.39 is 0 Å². The topological polar surface area (TPSA) is 46.1 Å². The molecule has 2 atom stereocenters. The molecule has 2 unspecified atom stereocenters. The number of hydrogen-bond acceptors (Lipinski definition) is 4. The lowest BCUT2D eigenvalue weighted by Crippen LogP contribution is -2.48. The van der Waals surface area contributed by atoms with Crippen molar-refractivity contribution in [2.45, 2.75) is 37.5 Å². The lowest BCUT2D eigenvalue weighted by Gasteiger charge is -2.34. The largest absolute Gasteiger partial charge is 0.377 e. The zero-order valence-corrected chi connectivity index (χ0v) is 16.9. The summed E-state index contributed by atoms with van der Waals surface area (Å²) in [5.41, 5.74) is 0. The lowest BCUT2D eigenvalue weighted by atomic mass is 10.2. The Kier molecular flexibility index (Phi) is 10.9. The van der Waals surface area contributed by atoms with Gasteiger partial charge in [0, 0.05) is 44.3 Å². The lowest BCUT2D eigenvalue weighted by molar-refractivity contribution is 0.0190. The SMILES string of the molecule is CCC1CN(C(=NC)NCCOCC2CCCO2)CCS1.I. The fourth-order valence-corrected chi connectivity index (χ4v) is 3.90. The highest BCUT2D eigenvalue weighted by Gasteiger charge is 2.21. The van der Waals surface area contributed by atoms with Gasteiger partial charge in [-0.3, -0.25) is 4.99 Å². The van der Waals surface area contributed by atoms with E-state index in [1.165, 1.54) is 18.6 Å². The molecule has 0 spiro atoms. The van der Waals surface area contributed by atoms with Crippen LogP contribution in [-0.2, 0) is 9.47 Å². The van der Waals surface area contributed by atoms with Crippen molar-refractivity contribution >= 4 is 41.7 Å². The molecule has 2 aliphatic heterocycles. The summed E-state index contributed by atoms with van der Waals surface area (Å²) in [7, 11) is 1.86. The Labute approximate surface area is 156 Å². The van der Waals surface area contributed by atoms with Gasteiger partial charge in [0.15, 0.2) is 5.96 Å². The zero-order chi connectivity index (χ0) is 14.9. The van der Waals surface area contributed by atoms with Crippen LogP contribution >= 0.6 is 35.7 Å². The molecule has 22 heavy (non-hydrogen) atoms. The average Bonchev–Trinajstić information content (AvgIpc) is 3.04. The van der Waals surface area contributed by atoms with Crippen LogP contribution in [0.4, 0.5) is 0 Å². The normalized spacial score (nSPS) is 25.9. The Morgan fingerprint density at radius 2 is 2.36 bits per heavy atom. The van der Waals surface area contributed by atoms with Crippen molar-refractivity contribution in [3.63, 3.8) is 0 Å². The van der Waals surface area contributed by atoms with Crippen molar-refractivity contribution in [3.8, 4) is 0 Å². The number of hydrogen-bond donors (Lipinski definition) is 1. The van der Waals surface area contributed by atoms with Gasteiger partial charge in [0.2, 0.25) is 0 Å². The second-order valence-electron chi connectivity index (χ2n) is 5.53. The van der Waals surface area contributed by atoms with E-state index in [4.69, 9.17) is 9.47 Å². The molecule has 2 heterocycles. The number of nitrogens with zero attached hydrogens (tertiary/aromatic N) is 2. The van der Waals surface area contributed by atoms with Crippen molar-refractivity contribution in [3.05, 3.63) is 0 Å². The fourth-order valence-electron chi connectivity index (χ4n) is 2.72. The maximum Gasteiger partial charge on any atom is 0.193 e. The van der Waals surface area contributed by atoms with Gasteiger partial charge in [-0.25, -0.2) is 0 Å². The number of aliphatic imine (C=N–C) groups is 1. The molecule has 0 saturated carbocycles. The summed E-state index contributed by atoms with van der Waals surface area (Å²) in [6.45, 7) is 7.56. The standard InChI is InChI=1S/C15H29N3O2S.HI/c1-3-14-11-18(7-10-21-14)15(16-2)17-6-9-19-12-13-5-4-8-20-13;/h13-14H,3-12H2,1-2H3,(H,16,17);1H. The summed E-state index contributed by atoms with van der Waals surface area (Å²) in [6, 6.07) is 0. The molecule has 0 aromatic heterocycles. The van der Waals surface area contributed by atoms with Crippen LogP contribution in [0.5, 0.6) is 0 Å². The number of ether oxygens (including phenoxy) is 2. The first kappa shape index (κ1) is 20.3. The number of rotatable bonds is 6. The van der Waals surface area contributed by atoms with Crippen molar-refractivity contribution in [1.82, 2.24) is 10.2 Å². The monoisotopic (exact) mass is 443 g/mol. The number of thioether (sulfide) groups is 1. The Balaban J connectivity index is 0.00000242. The van der Waals surface area contributed by atoms with E-state index in [1.807, 2.05) is 7.05 Å². The molecule has 2 fully saturated rings. The summed E-state index contributed by atoms with van der Waals surface area (Å²) < 4.78 is 11.2. The molecule has 2 saturated heterocycles. The molecule has 7 heteroatoms. The van der Waals surface area contributed by atoms with Gasteiger partial charge in [0.1, 0.15) is 0 Å². The van der Waals surface area contributed by atoms with Crippen molar-refractivity contribution in [1.29, 1.82) is 0 Å². The molecule has 0 radical (unpaired) electrons. The minimum absolute atomic E-state index is 0. The third-order valence-electron chi connectivity index (χ3n) is 3.96. The highest BCUT2D eigenvalue weighted by Crippen LogP contribution is 2.20. The van der Waals surface area contributed by atoms with Gasteiger partial charge < -0.3 is 19.7 Å². The Bertz CT molecular complexity index is 328. The molecule has 0 amide bonds. The third-order valence-corrected chi connectivity index (χ3v) is 5.33. The summed E-state index contributed by atoms with van der Waals surface area (Å²) in [6.07, 6.45) is 3.85. The van der Waals surface area contributed by atoms with Gasteiger partial charge in [-0.15, -0.1) is 24.0 Å². The van der Waals surface area contributed by atoms with E-state index in [2.05, 4.69) is 33.9 Å². The molecule has 0 aliphatic carbocycles. The van der Waals surface area contributed by atoms with Gasteiger partial charge in [-0.2, -0.15) is 11.8 Å². The van der Waals surface area contributed by atoms with Crippen LogP contribution < -0.4 is 5.32 Å². The Morgan fingerprint density at radius 1 is 1.50 bits per heavy atom. The molecule has 130 valence electrons. The van der Waals surface area contributed by atoms with Gasteiger partial charge in [-0.1, -0.05) is 6.92 Å². The van der Waals surface area contributed by atoms with Gasteiger partial charge in [0.05, 0.1) is 19.3 Å². The van der Waals surface area contributed by atoms with Crippen molar-refractivity contribution in [2.24, 2.45) is 4.99 Å². The van der Waals surface area contributed by atoms with E-state index in [0.717, 1.165) is 50.5 Å². The minimum Gasteiger partial charge on any atom is -0.377 e. The zero-order valence-electron chi connectivity index (χ0n) is 13.8. The predicted octanol–water partition coefficient (Wildman–Crippen LogP) is 2.20. The highest BCUT2D eigenvalue weighted by atomic mass is 127. The first-order valence-electron chi connectivity index (χ1n) is 8.10. The quantitative estimate of drug-likeness (QED) is 0.295. The predicted molar refractivity (Wildman–Crippen MR) is 105 cm³/mol. The third kappa shape index (κ3) is 6.80. The van der Waals surface area contributed by atoms with Crippen LogP contribution in [0.25, 0.3) is 0 Å². The molecule has 5 nitrogen and oxygen atoms in total. The molecule has 2 aliphatic rings. The Morgan fingerprint density at radius 3 is 3.05 bits per heavy atom. The first-order chi connectivity index (χ1) is 10.3. The molecule has 1 N–H and O–H groups in total. The number of nitrogens with one attached hydrogen (secondary N) is 1. The second kappa shape index (κ2) is 11.8. The van der Waals surface area contributed by atoms with E-state index in [1.54, 1.807) is 0 Å². The maximum absolute atomic E-state index is 5.68.